The lowest BCUT2D eigenvalue weighted by molar-refractivity contribution is -0.154. The summed E-state index contributed by atoms with van der Waals surface area (Å²) in [4.78, 5) is 2.85. The van der Waals surface area contributed by atoms with Crippen LogP contribution in [0.3, 0.4) is 0 Å². The van der Waals surface area contributed by atoms with Gasteiger partial charge in [-0.3, -0.25) is 4.90 Å². The van der Waals surface area contributed by atoms with Crippen molar-refractivity contribution in [2.24, 2.45) is 11.8 Å². The second kappa shape index (κ2) is 4.19. The minimum Gasteiger partial charge on any atom is -0.375 e. The van der Waals surface area contributed by atoms with Crippen molar-refractivity contribution in [3.63, 3.8) is 0 Å². The van der Waals surface area contributed by atoms with Crippen molar-refractivity contribution in [1.29, 1.82) is 0 Å². The molecule has 3 nitrogen and oxygen atoms in total. The van der Waals surface area contributed by atoms with Gasteiger partial charge < -0.3 is 10.1 Å². The van der Waals surface area contributed by atoms with Crippen LogP contribution in [0.5, 0.6) is 0 Å². The Kier molecular flexibility index (Phi) is 2.78. The molecule has 1 saturated carbocycles. The van der Waals surface area contributed by atoms with Gasteiger partial charge >= 0.3 is 0 Å². The Morgan fingerprint density at radius 1 is 1.21 bits per heavy atom. The van der Waals surface area contributed by atoms with E-state index in [-0.39, 0.29) is 5.60 Å². The molecular weight excluding hydrogens is 236 g/mol. The summed E-state index contributed by atoms with van der Waals surface area (Å²) in [5.74, 6) is 1.74. The summed E-state index contributed by atoms with van der Waals surface area (Å²) in [5, 5.41) is 3.59. The highest BCUT2D eigenvalue weighted by molar-refractivity contribution is 5.08. The summed E-state index contributed by atoms with van der Waals surface area (Å²) in [6.45, 7) is 9.72. The quantitative estimate of drug-likeness (QED) is 0.784. The molecule has 4 aliphatic rings. The van der Waals surface area contributed by atoms with E-state index in [1.807, 2.05) is 0 Å². The SMILES string of the molecule is CC1(C)C2CNCC2CN1C1CCOC2(CCC2)C1. The van der Waals surface area contributed by atoms with Gasteiger partial charge in [0.05, 0.1) is 5.60 Å². The van der Waals surface area contributed by atoms with Gasteiger partial charge in [-0.2, -0.15) is 0 Å². The zero-order chi connectivity index (χ0) is 13.1. The van der Waals surface area contributed by atoms with Gasteiger partial charge in [0.15, 0.2) is 0 Å². The molecule has 3 heteroatoms. The molecule has 0 bridgehead atoms. The number of nitrogens with zero attached hydrogens (tertiary/aromatic N) is 1. The normalized spacial score (nSPS) is 44.2. The molecule has 1 aliphatic carbocycles. The van der Waals surface area contributed by atoms with E-state index < -0.39 is 0 Å². The summed E-state index contributed by atoms with van der Waals surface area (Å²) in [5.41, 5.74) is 0.663. The molecule has 0 radical (unpaired) electrons. The summed E-state index contributed by atoms with van der Waals surface area (Å²) in [6, 6.07) is 0.773. The average molecular weight is 264 g/mol. The first-order chi connectivity index (χ1) is 9.11. The number of hydrogen-bond acceptors (Lipinski definition) is 3. The van der Waals surface area contributed by atoms with Crippen LogP contribution in [0.15, 0.2) is 0 Å². The molecule has 4 fully saturated rings. The highest BCUT2D eigenvalue weighted by Crippen LogP contribution is 2.48. The topological polar surface area (TPSA) is 24.5 Å². The first kappa shape index (κ1) is 12.6. The zero-order valence-electron chi connectivity index (χ0n) is 12.5. The molecule has 0 aromatic carbocycles. The van der Waals surface area contributed by atoms with Gasteiger partial charge in [-0.1, -0.05) is 0 Å². The van der Waals surface area contributed by atoms with Gasteiger partial charge in [-0.15, -0.1) is 0 Å². The predicted octanol–water partition coefficient (Wildman–Crippen LogP) is 2.02. The van der Waals surface area contributed by atoms with E-state index in [1.165, 1.54) is 51.7 Å². The lowest BCUT2D eigenvalue weighted by atomic mass is 9.73. The minimum atomic E-state index is 0.287. The van der Waals surface area contributed by atoms with Crippen molar-refractivity contribution < 1.29 is 4.74 Å². The van der Waals surface area contributed by atoms with Gasteiger partial charge in [-0.05, 0) is 64.3 Å². The fraction of sp³-hybridized carbons (Fsp3) is 1.00. The predicted molar refractivity (Wildman–Crippen MR) is 76.2 cm³/mol. The van der Waals surface area contributed by atoms with Gasteiger partial charge in [-0.25, -0.2) is 0 Å². The lowest BCUT2D eigenvalue weighted by Crippen LogP contribution is -2.56. The van der Waals surface area contributed by atoms with E-state index in [9.17, 15) is 0 Å². The van der Waals surface area contributed by atoms with Gasteiger partial charge in [0.1, 0.15) is 0 Å². The zero-order valence-corrected chi connectivity index (χ0v) is 12.5. The Morgan fingerprint density at radius 3 is 2.74 bits per heavy atom. The average Bonchev–Trinajstić information content (AvgIpc) is 2.90. The number of rotatable bonds is 1. The lowest BCUT2D eigenvalue weighted by Gasteiger charge is -2.51. The van der Waals surface area contributed by atoms with E-state index in [2.05, 4.69) is 24.1 Å². The van der Waals surface area contributed by atoms with Gasteiger partial charge in [0.25, 0.3) is 0 Å². The van der Waals surface area contributed by atoms with Crippen molar-refractivity contribution in [2.75, 3.05) is 26.2 Å². The fourth-order valence-electron chi connectivity index (χ4n) is 5.26. The van der Waals surface area contributed by atoms with Gasteiger partial charge in [0, 0.05) is 31.3 Å². The number of nitrogens with one attached hydrogen (secondary N) is 1. The van der Waals surface area contributed by atoms with Gasteiger partial charge in [0.2, 0.25) is 0 Å². The van der Waals surface area contributed by atoms with E-state index in [1.54, 1.807) is 0 Å². The van der Waals surface area contributed by atoms with E-state index in [0.717, 1.165) is 24.5 Å². The third-order valence-electron chi connectivity index (χ3n) is 6.59. The molecule has 3 atom stereocenters. The van der Waals surface area contributed by atoms with Crippen molar-refractivity contribution in [3.8, 4) is 0 Å². The van der Waals surface area contributed by atoms with E-state index in [4.69, 9.17) is 4.74 Å². The van der Waals surface area contributed by atoms with Crippen LogP contribution in [-0.2, 0) is 4.74 Å². The van der Waals surface area contributed by atoms with Crippen LogP contribution >= 0.6 is 0 Å². The highest BCUT2D eigenvalue weighted by atomic mass is 16.5. The van der Waals surface area contributed by atoms with Crippen LogP contribution in [-0.4, -0.2) is 48.3 Å². The highest BCUT2D eigenvalue weighted by Gasteiger charge is 2.53. The van der Waals surface area contributed by atoms with Crippen molar-refractivity contribution in [2.45, 2.75) is 63.1 Å². The number of likely N-dealkylation sites (tertiary alicyclic amines) is 1. The molecule has 3 unspecified atom stereocenters. The number of fused-ring (bicyclic) bond motifs is 1. The second-order valence-electron chi connectivity index (χ2n) is 7.86. The maximum absolute atomic E-state index is 6.11. The number of hydrogen-bond donors (Lipinski definition) is 1. The summed E-state index contributed by atoms with van der Waals surface area (Å²) >= 11 is 0. The van der Waals surface area contributed by atoms with Crippen LogP contribution in [0.2, 0.25) is 0 Å². The third-order valence-corrected chi connectivity index (χ3v) is 6.59. The van der Waals surface area contributed by atoms with Crippen molar-refractivity contribution in [3.05, 3.63) is 0 Å². The van der Waals surface area contributed by atoms with Crippen LogP contribution in [0.25, 0.3) is 0 Å². The Labute approximate surface area is 117 Å². The Balaban J connectivity index is 1.52. The van der Waals surface area contributed by atoms with Crippen LogP contribution in [0.4, 0.5) is 0 Å². The fourth-order valence-corrected chi connectivity index (χ4v) is 5.26. The summed E-state index contributed by atoms with van der Waals surface area (Å²) in [7, 11) is 0. The van der Waals surface area contributed by atoms with Crippen molar-refractivity contribution in [1.82, 2.24) is 10.2 Å². The van der Waals surface area contributed by atoms with Crippen LogP contribution in [0, 0.1) is 11.8 Å². The van der Waals surface area contributed by atoms with E-state index in [0.29, 0.717) is 5.54 Å². The maximum Gasteiger partial charge on any atom is 0.0697 e. The molecule has 19 heavy (non-hydrogen) atoms. The Morgan fingerprint density at radius 2 is 2.05 bits per heavy atom. The third kappa shape index (κ3) is 1.81. The molecular formula is C16H28N2O. The Hall–Kier alpha value is -0.120. The molecule has 4 rings (SSSR count). The molecule has 0 amide bonds. The first-order valence-electron chi connectivity index (χ1n) is 8.22. The first-order valence-corrected chi connectivity index (χ1v) is 8.22. The monoisotopic (exact) mass is 264 g/mol. The summed E-state index contributed by atoms with van der Waals surface area (Å²) in [6.07, 6.45) is 6.55. The van der Waals surface area contributed by atoms with Crippen LogP contribution in [0.1, 0.15) is 46.0 Å². The molecule has 3 aliphatic heterocycles. The molecule has 108 valence electrons. The maximum atomic E-state index is 6.11. The molecule has 0 aromatic heterocycles. The number of ether oxygens (including phenoxy) is 1. The molecule has 3 heterocycles. The molecule has 1 spiro atoms. The largest absolute Gasteiger partial charge is 0.375 e. The molecule has 1 N–H and O–H groups in total. The molecule has 0 aromatic rings. The smallest absolute Gasteiger partial charge is 0.0697 e. The second-order valence-corrected chi connectivity index (χ2v) is 7.86. The van der Waals surface area contributed by atoms with Crippen LogP contribution < -0.4 is 5.32 Å². The van der Waals surface area contributed by atoms with E-state index >= 15 is 0 Å². The molecule has 3 saturated heterocycles. The minimum absolute atomic E-state index is 0.287. The Bertz CT molecular complexity index is 364. The standard InChI is InChI=1S/C16H28N2O/c1-15(2)14-10-17-9-12(14)11-18(15)13-4-7-19-16(8-13)5-3-6-16/h12-14,17H,3-11H2,1-2H3. The van der Waals surface area contributed by atoms with Crippen molar-refractivity contribution >= 4 is 0 Å². The summed E-state index contributed by atoms with van der Waals surface area (Å²) < 4.78 is 6.11.